The zero-order valence-electron chi connectivity index (χ0n) is 13.8. The van der Waals surface area contributed by atoms with E-state index in [2.05, 4.69) is 20.2 Å². The Hall–Kier alpha value is -2.79. The average Bonchev–Trinajstić information content (AvgIpc) is 2.65. The highest BCUT2D eigenvalue weighted by atomic mass is 19.1. The Kier molecular flexibility index (Phi) is 4.39. The fraction of sp³-hybridized carbons (Fsp3) is 0.200. The van der Waals surface area contributed by atoms with Crippen molar-refractivity contribution in [1.82, 2.24) is 14.9 Å². The molecule has 0 fully saturated rings. The third kappa shape index (κ3) is 3.83. The normalized spacial score (nSPS) is 14.1. The predicted molar refractivity (Wildman–Crippen MR) is 96.0 cm³/mol. The minimum atomic E-state index is -0.195. The second-order valence-corrected chi connectivity index (χ2v) is 6.24. The van der Waals surface area contributed by atoms with E-state index in [4.69, 9.17) is 0 Å². The van der Waals surface area contributed by atoms with Crippen molar-refractivity contribution in [3.05, 3.63) is 83.4 Å². The molecule has 25 heavy (non-hydrogen) atoms. The van der Waals surface area contributed by atoms with Crippen molar-refractivity contribution in [2.24, 2.45) is 0 Å². The van der Waals surface area contributed by atoms with Crippen LogP contribution in [0.1, 0.15) is 16.8 Å². The number of fused-ring (bicyclic) bond motifs is 1. The van der Waals surface area contributed by atoms with Crippen LogP contribution in [-0.4, -0.2) is 21.4 Å². The molecule has 1 N–H and O–H groups in total. The molecule has 2 aromatic carbocycles. The molecule has 0 saturated carbocycles. The average molecular weight is 334 g/mol. The standard InChI is InChI=1S/C20H19FN4/c21-17-8-6-15(7-9-17)13-25-11-10-19-16(14-25)12-22-20(24-19)23-18-4-2-1-3-5-18/h1-9,12H,10-11,13-14H2,(H,22,23,24). The van der Waals surface area contributed by atoms with Gasteiger partial charge in [-0.15, -0.1) is 0 Å². The summed E-state index contributed by atoms with van der Waals surface area (Å²) >= 11 is 0. The van der Waals surface area contributed by atoms with Crippen LogP contribution in [-0.2, 0) is 19.5 Å². The maximum absolute atomic E-state index is 13.0. The lowest BCUT2D eigenvalue weighted by molar-refractivity contribution is 0.243. The number of benzene rings is 2. The smallest absolute Gasteiger partial charge is 0.227 e. The molecular weight excluding hydrogens is 315 g/mol. The number of aromatic nitrogens is 2. The summed E-state index contributed by atoms with van der Waals surface area (Å²) in [6, 6.07) is 16.6. The van der Waals surface area contributed by atoms with Gasteiger partial charge in [0.15, 0.2) is 0 Å². The third-order valence-corrected chi connectivity index (χ3v) is 4.36. The van der Waals surface area contributed by atoms with Gasteiger partial charge in [0, 0.05) is 43.5 Å². The molecule has 0 bridgehead atoms. The minimum absolute atomic E-state index is 0.195. The number of rotatable bonds is 4. The van der Waals surface area contributed by atoms with E-state index in [1.165, 1.54) is 12.1 Å². The monoisotopic (exact) mass is 334 g/mol. The van der Waals surface area contributed by atoms with Crippen molar-refractivity contribution in [2.75, 3.05) is 11.9 Å². The van der Waals surface area contributed by atoms with E-state index < -0.39 is 0 Å². The molecule has 1 aliphatic rings. The van der Waals surface area contributed by atoms with Crippen LogP contribution in [0.5, 0.6) is 0 Å². The molecular formula is C20H19FN4. The number of nitrogens with one attached hydrogen (secondary N) is 1. The summed E-state index contributed by atoms with van der Waals surface area (Å²) in [5.41, 5.74) is 4.36. The summed E-state index contributed by atoms with van der Waals surface area (Å²) in [5, 5.41) is 3.24. The van der Waals surface area contributed by atoms with E-state index in [0.717, 1.165) is 48.6 Å². The SMILES string of the molecule is Fc1ccc(CN2CCc3nc(Nc4ccccc4)ncc3C2)cc1. The van der Waals surface area contributed by atoms with Crippen LogP contribution in [0.2, 0.25) is 0 Å². The third-order valence-electron chi connectivity index (χ3n) is 4.36. The van der Waals surface area contributed by atoms with Gasteiger partial charge in [-0.3, -0.25) is 4.90 Å². The van der Waals surface area contributed by atoms with Crippen molar-refractivity contribution in [3.8, 4) is 0 Å². The van der Waals surface area contributed by atoms with Gasteiger partial charge in [0.1, 0.15) is 5.82 Å². The predicted octanol–water partition coefficient (Wildman–Crippen LogP) is 3.92. The molecule has 0 amide bonds. The molecule has 0 atom stereocenters. The van der Waals surface area contributed by atoms with E-state index in [9.17, 15) is 4.39 Å². The maximum atomic E-state index is 13.0. The molecule has 5 heteroatoms. The Morgan fingerprint density at radius 1 is 1.04 bits per heavy atom. The number of anilines is 2. The van der Waals surface area contributed by atoms with E-state index in [1.54, 1.807) is 0 Å². The van der Waals surface area contributed by atoms with Gasteiger partial charge in [0.2, 0.25) is 5.95 Å². The molecule has 2 heterocycles. The zero-order chi connectivity index (χ0) is 17.1. The van der Waals surface area contributed by atoms with Gasteiger partial charge < -0.3 is 5.32 Å². The first-order valence-electron chi connectivity index (χ1n) is 8.40. The zero-order valence-corrected chi connectivity index (χ0v) is 13.8. The number of halogens is 1. The van der Waals surface area contributed by atoms with Crippen molar-refractivity contribution in [2.45, 2.75) is 19.5 Å². The maximum Gasteiger partial charge on any atom is 0.227 e. The highest BCUT2D eigenvalue weighted by molar-refractivity contribution is 5.52. The summed E-state index contributed by atoms with van der Waals surface area (Å²) in [6.07, 6.45) is 2.80. The summed E-state index contributed by atoms with van der Waals surface area (Å²) in [6.45, 7) is 2.56. The van der Waals surface area contributed by atoms with Gasteiger partial charge in [-0.25, -0.2) is 14.4 Å². The fourth-order valence-electron chi connectivity index (χ4n) is 3.07. The van der Waals surface area contributed by atoms with E-state index in [0.29, 0.717) is 5.95 Å². The van der Waals surface area contributed by atoms with E-state index in [1.807, 2.05) is 48.7 Å². The molecule has 1 aliphatic heterocycles. The molecule has 0 unspecified atom stereocenters. The second-order valence-electron chi connectivity index (χ2n) is 6.24. The van der Waals surface area contributed by atoms with Gasteiger partial charge in [-0.05, 0) is 29.8 Å². The van der Waals surface area contributed by atoms with Crippen LogP contribution in [0.25, 0.3) is 0 Å². The first-order chi connectivity index (χ1) is 12.3. The lowest BCUT2D eigenvalue weighted by Gasteiger charge is -2.28. The van der Waals surface area contributed by atoms with Crippen LogP contribution >= 0.6 is 0 Å². The molecule has 126 valence electrons. The van der Waals surface area contributed by atoms with Crippen molar-refractivity contribution >= 4 is 11.6 Å². The first kappa shape index (κ1) is 15.7. The highest BCUT2D eigenvalue weighted by Crippen LogP contribution is 2.21. The van der Waals surface area contributed by atoms with Crippen molar-refractivity contribution < 1.29 is 4.39 Å². The fourth-order valence-corrected chi connectivity index (χ4v) is 3.07. The van der Waals surface area contributed by atoms with Crippen molar-refractivity contribution in [1.29, 1.82) is 0 Å². The highest BCUT2D eigenvalue weighted by Gasteiger charge is 2.18. The molecule has 0 spiro atoms. The van der Waals surface area contributed by atoms with Crippen LogP contribution < -0.4 is 5.32 Å². The Labute approximate surface area is 146 Å². The Morgan fingerprint density at radius 2 is 1.84 bits per heavy atom. The van der Waals surface area contributed by atoms with E-state index in [-0.39, 0.29) is 5.82 Å². The van der Waals surface area contributed by atoms with Gasteiger partial charge >= 0.3 is 0 Å². The topological polar surface area (TPSA) is 41.1 Å². The second kappa shape index (κ2) is 6.99. The Balaban J connectivity index is 1.44. The largest absolute Gasteiger partial charge is 0.324 e. The number of hydrogen-bond donors (Lipinski definition) is 1. The molecule has 0 radical (unpaired) electrons. The number of hydrogen-bond acceptors (Lipinski definition) is 4. The summed E-state index contributed by atoms with van der Waals surface area (Å²) in [4.78, 5) is 11.4. The van der Waals surface area contributed by atoms with Crippen LogP contribution in [0.4, 0.5) is 16.0 Å². The molecule has 4 nitrogen and oxygen atoms in total. The lowest BCUT2D eigenvalue weighted by Crippen LogP contribution is -2.31. The Morgan fingerprint density at radius 3 is 2.64 bits per heavy atom. The lowest BCUT2D eigenvalue weighted by atomic mass is 10.1. The van der Waals surface area contributed by atoms with Gasteiger partial charge in [0.25, 0.3) is 0 Å². The number of para-hydroxylation sites is 1. The quantitative estimate of drug-likeness (QED) is 0.785. The molecule has 3 aromatic rings. The van der Waals surface area contributed by atoms with Crippen molar-refractivity contribution in [3.63, 3.8) is 0 Å². The molecule has 0 saturated heterocycles. The van der Waals surface area contributed by atoms with Gasteiger partial charge in [-0.2, -0.15) is 0 Å². The summed E-state index contributed by atoms with van der Waals surface area (Å²) in [5.74, 6) is 0.441. The Bertz CT molecular complexity index is 849. The summed E-state index contributed by atoms with van der Waals surface area (Å²) in [7, 11) is 0. The summed E-state index contributed by atoms with van der Waals surface area (Å²) < 4.78 is 13.0. The van der Waals surface area contributed by atoms with Crippen LogP contribution in [0.3, 0.4) is 0 Å². The molecule has 4 rings (SSSR count). The van der Waals surface area contributed by atoms with E-state index >= 15 is 0 Å². The molecule has 1 aromatic heterocycles. The van der Waals surface area contributed by atoms with Gasteiger partial charge in [0.05, 0.1) is 5.69 Å². The molecule has 0 aliphatic carbocycles. The minimum Gasteiger partial charge on any atom is -0.324 e. The van der Waals surface area contributed by atoms with Crippen LogP contribution in [0.15, 0.2) is 60.8 Å². The van der Waals surface area contributed by atoms with Crippen LogP contribution in [0, 0.1) is 5.82 Å². The van der Waals surface area contributed by atoms with Gasteiger partial charge in [-0.1, -0.05) is 30.3 Å². The first-order valence-corrected chi connectivity index (χ1v) is 8.40. The number of nitrogens with zero attached hydrogens (tertiary/aromatic N) is 3.